The molecule has 3 aromatic rings. The van der Waals surface area contributed by atoms with Crippen LogP contribution in [0.1, 0.15) is 37.8 Å². The minimum absolute atomic E-state index is 0.0163. The first-order chi connectivity index (χ1) is 19.1. The molecule has 3 rings (SSSR count). The Morgan fingerprint density at radius 1 is 1.02 bits per heavy atom. The highest BCUT2D eigenvalue weighted by molar-refractivity contribution is 7.92. The number of nitrogens with zero attached hydrogens (tertiary/aromatic N) is 2. The summed E-state index contributed by atoms with van der Waals surface area (Å²) < 4.78 is 48.9. The Kier molecular flexibility index (Phi) is 10.7. The summed E-state index contributed by atoms with van der Waals surface area (Å²) in [5, 5.41) is 2.81. The number of halogens is 1. The third-order valence-corrected chi connectivity index (χ3v) is 8.28. The molecule has 40 heavy (non-hydrogen) atoms. The number of hydrogen-bond donors (Lipinski definition) is 1. The third kappa shape index (κ3) is 7.38. The summed E-state index contributed by atoms with van der Waals surface area (Å²) in [6.45, 7) is 4.89. The molecule has 3 aromatic carbocycles. The zero-order chi connectivity index (χ0) is 29.3. The molecule has 0 aromatic heterocycles. The van der Waals surface area contributed by atoms with Crippen molar-refractivity contribution in [3.63, 3.8) is 0 Å². The molecule has 0 aliphatic heterocycles. The zero-order valence-electron chi connectivity index (χ0n) is 23.3. The van der Waals surface area contributed by atoms with Gasteiger partial charge in [0.05, 0.1) is 17.7 Å². The van der Waals surface area contributed by atoms with E-state index in [-0.39, 0.29) is 28.4 Å². The van der Waals surface area contributed by atoms with E-state index in [1.54, 1.807) is 56.3 Å². The van der Waals surface area contributed by atoms with E-state index < -0.39 is 40.2 Å². The van der Waals surface area contributed by atoms with E-state index >= 15 is 0 Å². The van der Waals surface area contributed by atoms with Crippen LogP contribution in [0.2, 0.25) is 0 Å². The van der Waals surface area contributed by atoms with Gasteiger partial charge in [-0.3, -0.25) is 13.9 Å². The summed E-state index contributed by atoms with van der Waals surface area (Å²) in [6, 6.07) is 17.7. The Morgan fingerprint density at radius 2 is 1.70 bits per heavy atom. The molecule has 214 valence electrons. The highest BCUT2D eigenvalue weighted by Gasteiger charge is 2.34. The molecule has 0 unspecified atom stereocenters. The van der Waals surface area contributed by atoms with Crippen LogP contribution in [-0.2, 0) is 26.2 Å². The lowest BCUT2D eigenvalue weighted by Crippen LogP contribution is -2.51. The smallest absolute Gasteiger partial charge is 0.264 e. The number of nitrogens with one attached hydrogen (secondary N) is 1. The molecule has 0 heterocycles. The Balaban J connectivity index is 2.07. The van der Waals surface area contributed by atoms with Crippen LogP contribution in [0.3, 0.4) is 0 Å². The molecule has 8 nitrogen and oxygen atoms in total. The summed E-state index contributed by atoms with van der Waals surface area (Å²) in [7, 11) is -2.83. The molecule has 0 saturated heterocycles. The molecular formula is C30H36FN3O5S. The van der Waals surface area contributed by atoms with E-state index in [4.69, 9.17) is 4.74 Å². The van der Waals surface area contributed by atoms with Gasteiger partial charge in [-0.2, -0.15) is 0 Å². The number of carbonyl (C=O) groups is 2. The van der Waals surface area contributed by atoms with Crippen LogP contribution < -0.4 is 14.4 Å². The Labute approximate surface area is 235 Å². The van der Waals surface area contributed by atoms with E-state index in [0.29, 0.717) is 6.54 Å². The van der Waals surface area contributed by atoms with Crippen LogP contribution in [0, 0.1) is 12.7 Å². The maximum Gasteiger partial charge on any atom is 0.264 e. The number of rotatable bonds is 13. The number of ether oxygens (including phenoxy) is 1. The topological polar surface area (TPSA) is 96.0 Å². The van der Waals surface area contributed by atoms with Crippen molar-refractivity contribution in [3.8, 4) is 5.75 Å². The summed E-state index contributed by atoms with van der Waals surface area (Å²) in [5.41, 5.74) is 1.13. The van der Waals surface area contributed by atoms with Gasteiger partial charge in [-0.15, -0.1) is 0 Å². The van der Waals surface area contributed by atoms with Crippen LogP contribution in [-0.4, -0.2) is 51.4 Å². The monoisotopic (exact) mass is 569 g/mol. The highest BCUT2D eigenvalue weighted by atomic mass is 32.2. The van der Waals surface area contributed by atoms with Gasteiger partial charge < -0.3 is 15.0 Å². The number of amides is 2. The van der Waals surface area contributed by atoms with Gasteiger partial charge in [0.25, 0.3) is 10.0 Å². The van der Waals surface area contributed by atoms with Crippen LogP contribution in [0.5, 0.6) is 5.75 Å². The number of carbonyl (C=O) groups excluding carboxylic acids is 2. The van der Waals surface area contributed by atoms with E-state index in [0.717, 1.165) is 22.7 Å². The first-order valence-corrected chi connectivity index (χ1v) is 14.6. The number of unbranched alkanes of at least 4 members (excludes halogenated alkanes) is 1. The van der Waals surface area contributed by atoms with Gasteiger partial charge in [0.15, 0.2) is 0 Å². The fraction of sp³-hybridized carbons (Fsp3) is 0.333. The predicted molar refractivity (Wildman–Crippen MR) is 153 cm³/mol. The molecule has 0 spiro atoms. The van der Waals surface area contributed by atoms with Crippen molar-refractivity contribution in [3.05, 3.63) is 89.7 Å². The van der Waals surface area contributed by atoms with E-state index in [1.807, 2.05) is 6.92 Å². The van der Waals surface area contributed by atoms with Crippen molar-refractivity contribution < 1.29 is 27.1 Å². The van der Waals surface area contributed by atoms with Crippen molar-refractivity contribution in [2.45, 2.75) is 51.1 Å². The molecule has 0 bridgehead atoms. The highest BCUT2D eigenvalue weighted by Crippen LogP contribution is 2.33. The van der Waals surface area contributed by atoms with Crippen molar-refractivity contribution >= 4 is 27.5 Å². The molecule has 0 aliphatic rings. The van der Waals surface area contributed by atoms with Gasteiger partial charge in [0, 0.05) is 18.7 Å². The summed E-state index contributed by atoms with van der Waals surface area (Å²) in [5.74, 6) is -1.37. The Morgan fingerprint density at radius 3 is 2.35 bits per heavy atom. The molecular weight excluding hydrogens is 533 g/mol. The number of sulfonamides is 1. The molecule has 0 fully saturated rings. The van der Waals surface area contributed by atoms with E-state index in [2.05, 4.69) is 5.32 Å². The lowest BCUT2D eigenvalue weighted by atomic mass is 10.1. The largest absolute Gasteiger partial charge is 0.495 e. The molecule has 0 aliphatic carbocycles. The first-order valence-electron chi connectivity index (χ1n) is 13.1. The lowest BCUT2D eigenvalue weighted by Gasteiger charge is -2.32. The number of hydrogen-bond acceptors (Lipinski definition) is 5. The van der Waals surface area contributed by atoms with Gasteiger partial charge in [0.1, 0.15) is 24.2 Å². The average molecular weight is 570 g/mol. The van der Waals surface area contributed by atoms with Crippen molar-refractivity contribution in [2.24, 2.45) is 0 Å². The number of anilines is 1. The molecule has 1 atom stereocenters. The van der Waals surface area contributed by atoms with Crippen molar-refractivity contribution in [2.75, 3.05) is 24.5 Å². The minimum atomic E-state index is -4.25. The second-order valence-electron chi connectivity index (χ2n) is 9.43. The Hall–Kier alpha value is -3.92. The second kappa shape index (κ2) is 13.9. The maximum atomic E-state index is 14.6. The Bertz CT molecular complexity index is 1420. The van der Waals surface area contributed by atoms with Crippen LogP contribution in [0.15, 0.2) is 77.7 Å². The van der Waals surface area contributed by atoms with Crippen LogP contribution in [0.25, 0.3) is 0 Å². The summed E-state index contributed by atoms with van der Waals surface area (Å²) in [6.07, 6.45) is 1.63. The fourth-order valence-corrected chi connectivity index (χ4v) is 5.59. The maximum absolute atomic E-state index is 14.6. The lowest BCUT2D eigenvalue weighted by molar-refractivity contribution is -0.139. The van der Waals surface area contributed by atoms with Crippen molar-refractivity contribution in [1.82, 2.24) is 10.2 Å². The zero-order valence-corrected chi connectivity index (χ0v) is 24.1. The number of methoxy groups -OCH3 is 1. The SMILES string of the molecule is CCCCNC(=O)[C@H](C)N(Cc1ccccc1F)C(=O)CN(c1cc(C)ccc1OC)S(=O)(=O)c1ccccc1. The standard InChI is InChI=1S/C30H36FN3O5S/c1-5-6-18-32-30(36)23(3)33(20-24-12-10-11-15-26(24)31)29(35)21-34(27-19-22(2)16-17-28(27)39-4)40(37,38)25-13-8-7-9-14-25/h7-17,19,23H,5-6,18,20-21H2,1-4H3,(H,32,36)/t23-/m0/s1. The minimum Gasteiger partial charge on any atom is -0.495 e. The van der Waals surface area contributed by atoms with Crippen LogP contribution in [0.4, 0.5) is 10.1 Å². The molecule has 0 saturated carbocycles. The summed E-state index contributed by atoms with van der Waals surface area (Å²) >= 11 is 0. The normalized spacial score (nSPS) is 11.9. The van der Waals surface area contributed by atoms with Gasteiger partial charge >= 0.3 is 0 Å². The van der Waals surface area contributed by atoms with E-state index in [1.165, 1.54) is 42.3 Å². The fourth-order valence-electron chi connectivity index (χ4n) is 4.16. The number of benzene rings is 3. The molecule has 0 radical (unpaired) electrons. The molecule has 2 amide bonds. The number of aryl methyl sites for hydroxylation is 1. The first kappa shape index (κ1) is 30.6. The quantitative estimate of drug-likeness (QED) is 0.302. The molecule has 1 N–H and O–H groups in total. The third-order valence-electron chi connectivity index (χ3n) is 6.51. The average Bonchev–Trinajstić information content (AvgIpc) is 2.95. The molecule has 10 heteroatoms. The van der Waals surface area contributed by atoms with Gasteiger partial charge in [-0.1, -0.05) is 55.8 Å². The van der Waals surface area contributed by atoms with Gasteiger partial charge in [0.2, 0.25) is 11.8 Å². The van der Waals surface area contributed by atoms with E-state index in [9.17, 15) is 22.4 Å². The van der Waals surface area contributed by atoms with Crippen molar-refractivity contribution in [1.29, 1.82) is 0 Å². The summed E-state index contributed by atoms with van der Waals surface area (Å²) in [4.78, 5) is 28.2. The van der Waals surface area contributed by atoms with Gasteiger partial charge in [-0.25, -0.2) is 12.8 Å². The second-order valence-corrected chi connectivity index (χ2v) is 11.3. The van der Waals surface area contributed by atoms with Gasteiger partial charge in [-0.05, 0) is 56.2 Å². The van der Waals surface area contributed by atoms with Crippen LogP contribution >= 0.6 is 0 Å². The predicted octanol–water partition coefficient (Wildman–Crippen LogP) is 4.67.